The number of hydrogen-bond acceptors (Lipinski definition) is 4. The maximum Gasteiger partial charge on any atom is 0.228 e. The fraction of sp³-hybridized carbons (Fsp3) is 0.333. The van der Waals surface area contributed by atoms with Gasteiger partial charge in [-0.3, -0.25) is 4.79 Å². The lowest BCUT2D eigenvalue weighted by atomic mass is 10.1. The zero-order valence-corrected chi connectivity index (χ0v) is 15.4. The molecule has 2 aromatic carbocycles. The van der Waals surface area contributed by atoms with Crippen molar-refractivity contribution in [2.24, 2.45) is 0 Å². The van der Waals surface area contributed by atoms with E-state index in [9.17, 15) is 14.7 Å². The summed E-state index contributed by atoms with van der Waals surface area (Å²) in [6, 6.07) is 18.0. The molecule has 0 aliphatic carbocycles. The number of nitrogens with one attached hydrogen (secondary N) is 1. The third-order valence-electron chi connectivity index (χ3n) is 5.03. The summed E-state index contributed by atoms with van der Waals surface area (Å²) >= 11 is 0. The van der Waals surface area contributed by atoms with Crippen LogP contribution in [0.3, 0.4) is 0 Å². The highest BCUT2D eigenvalue weighted by molar-refractivity contribution is 5.92. The van der Waals surface area contributed by atoms with E-state index in [-0.39, 0.29) is 11.9 Å². The number of carbonyl (C=O) groups is 2. The lowest BCUT2D eigenvalue weighted by molar-refractivity contribution is -0.933. The van der Waals surface area contributed by atoms with E-state index >= 15 is 0 Å². The number of quaternary nitrogens is 1. The first-order valence-corrected chi connectivity index (χ1v) is 9.18. The molecule has 27 heavy (non-hydrogen) atoms. The van der Waals surface area contributed by atoms with Crippen molar-refractivity contribution in [2.75, 3.05) is 26.2 Å². The second-order valence-corrected chi connectivity index (χ2v) is 6.79. The zero-order chi connectivity index (χ0) is 19.2. The Hall–Kier alpha value is -2.86. The number of piperazine rings is 1. The molecule has 1 atom stereocenters. The molecule has 1 aliphatic heterocycles. The number of benzene rings is 2. The summed E-state index contributed by atoms with van der Waals surface area (Å²) in [5.74, 6) is -0.0730. The van der Waals surface area contributed by atoms with Crippen molar-refractivity contribution < 1.29 is 24.3 Å². The van der Waals surface area contributed by atoms with Gasteiger partial charge in [0.25, 0.3) is 0 Å². The highest BCUT2D eigenvalue weighted by Crippen LogP contribution is 2.22. The smallest absolute Gasteiger partial charge is 0.228 e. The topological polar surface area (TPSA) is 74.1 Å². The number of nitrogens with zero attached hydrogens (tertiary/aromatic N) is 1. The molecule has 0 saturated carbocycles. The van der Waals surface area contributed by atoms with Gasteiger partial charge in [0.05, 0.1) is 38.6 Å². The van der Waals surface area contributed by atoms with Crippen molar-refractivity contribution in [3.63, 3.8) is 0 Å². The molecular weight excluding hydrogens is 344 g/mol. The highest BCUT2D eigenvalue weighted by Gasteiger charge is 2.27. The summed E-state index contributed by atoms with van der Waals surface area (Å²) in [5, 5.41) is 10.6. The summed E-state index contributed by atoms with van der Waals surface area (Å²) in [4.78, 5) is 25.4. The quantitative estimate of drug-likeness (QED) is 0.750. The van der Waals surface area contributed by atoms with Gasteiger partial charge in [-0.1, -0.05) is 18.2 Å². The maximum atomic E-state index is 11.8. The SMILES string of the molecule is C[C@H](c1ccc(Oc2ccccc2)cc1)[NH+]1CCN(C(=O)CC(=O)[O-])CC1. The summed E-state index contributed by atoms with van der Waals surface area (Å²) < 4.78 is 5.83. The lowest BCUT2D eigenvalue weighted by Crippen LogP contribution is -3.14. The summed E-state index contributed by atoms with van der Waals surface area (Å²) in [6.45, 7) is 4.90. The van der Waals surface area contributed by atoms with Crippen molar-refractivity contribution in [1.29, 1.82) is 0 Å². The van der Waals surface area contributed by atoms with E-state index in [0.717, 1.165) is 24.6 Å². The predicted molar refractivity (Wildman–Crippen MR) is 98.3 cm³/mol. The Morgan fingerprint density at radius 2 is 1.63 bits per heavy atom. The van der Waals surface area contributed by atoms with Gasteiger partial charge in [-0.2, -0.15) is 0 Å². The van der Waals surface area contributed by atoms with E-state index < -0.39 is 12.4 Å². The molecule has 0 spiro atoms. The summed E-state index contributed by atoms with van der Waals surface area (Å²) in [7, 11) is 0. The first kappa shape index (κ1) is 18.9. The number of amides is 1. The van der Waals surface area contributed by atoms with Gasteiger partial charge >= 0.3 is 0 Å². The number of carbonyl (C=O) groups excluding carboxylic acids is 2. The third-order valence-corrected chi connectivity index (χ3v) is 5.03. The standard InChI is InChI=1S/C21H24N2O4/c1-16(22-11-13-23(14-12-22)20(24)15-21(25)26)17-7-9-19(10-8-17)27-18-5-3-2-4-6-18/h2-10,16H,11-15H2,1H3,(H,25,26)/t16-/m1/s1. The van der Waals surface area contributed by atoms with Crippen LogP contribution >= 0.6 is 0 Å². The minimum atomic E-state index is -1.32. The molecule has 142 valence electrons. The minimum absolute atomic E-state index is 0.286. The van der Waals surface area contributed by atoms with E-state index in [4.69, 9.17) is 4.74 Å². The molecule has 1 N–H and O–H groups in total. The van der Waals surface area contributed by atoms with Gasteiger partial charge in [-0.05, 0) is 43.3 Å². The number of carboxylic acids is 1. The molecule has 0 bridgehead atoms. The molecule has 0 aromatic heterocycles. The van der Waals surface area contributed by atoms with Gasteiger partial charge in [0.15, 0.2) is 0 Å². The van der Waals surface area contributed by atoms with E-state index in [2.05, 4.69) is 19.1 Å². The zero-order valence-electron chi connectivity index (χ0n) is 15.4. The predicted octanol–water partition coefficient (Wildman–Crippen LogP) is 0.407. The van der Waals surface area contributed by atoms with Gasteiger partial charge < -0.3 is 24.4 Å². The van der Waals surface area contributed by atoms with Gasteiger partial charge in [0.1, 0.15) is 17.5 Å². The van der Waals surface area contributed by atoms with Crippen molar-refractivity contribution in [3.05, 3.63) is 60.2 Å². The van der Waals surface area contributed by atoms with Crippen molar-refractivity contribution in [1.82, 2.24) is 4.90 Å². The van der Waals surface area contributed by atoms with Gasteiger partial charge in [0.2, 0.25) is 5.91 Å². The second-order valence-electron chi connectivity index (χ2n) is 6.79. The van der Waals surface area contributed by atoms with Crippen LogP contribution in [-0.2, 0) is 9.59 Å². The van der Waals surface area contributed by atoms with E-state index in [1.54, 1.807) is 4.90 Å². The monoisotopic (exact) mass is 368 g/mol. The van der Waals surface area contributed by atoms with Crippen LogP contribution in [0.25, 0.3) is 0 Å². The minimum Gasteiger partial charge on any atom is -0.550 e. The Morgan fingerprint density at radius 3 is 2.22 bits per heavy atom. The summed E-state index contributed by atoms with van der Waals surface area (Å²) in [6.07, 6.45) is -0.534. The van der Waals surface area contributed by atoms with E-state index in [0.29, 0.717) is 13.1 Å². The van der Waals surface area contributed by atoms with Crippen molar-refractivity contribution in [3.8, 4) is 11.5 Å². The average Bonchev–Trinajstić information content (AvgIpc) is 2.68. The number of rotatable bonds is 6. The number of hydrogen-bond donors (Lipinski definition) is 1. The van der Waals surface area contributed by atoms with Crippen molar-refractivity contribution in [2.45, 2.75) is 19.4 Å². The molecule has 6 nitrogen and oxygen atoms in total. The van der Waals surface area contributed by atoms with Crippen LogP contribution in [-0.4, -0.2) is 43.0 Å². The Kier molecular flexibility index (Phi) is 6.08. The molecular formula is C21H24N2O4. The van der Waals surface area contributed by atoms with Crippen LogP contribution in [0.5, 0.6) is 11.5 Å². The number of ether oxygens (including phenoxy) is 1. The Bertz CT molecular complexity index is 769. The number of aliphatic carboxylic acids is 1. The molecule has 1 saturated heterocycles. The van der Waals surface area contributed by atoms with Crippen LogP contribution in [0.4, 0.5) is 0 Å². The fourth-order valence-corrected chi connectivity index (χ4v) is 3.40. The largest absolute Gasteiger partial charge is 0.550 e. The van der Waals surface area contributed by atoms with Gasteiger partial charge in [-0.15, -0.1) is 0 Å². The van der Waals surface area contributed by atoms with Crippen molar-refractivity contribution >= 4 is 11.9 Å². The molecule has 0 unspecified atom stereocenters. The lowest BCUT2D eigenvalue weighted by Gasteiger charge is -2.35. The summed E-state index contributed by atoms with van der Waals surface area (Å²) in [5.41, 5.74) is 1.21. The van der Waals surface area contributed by atoms with E-state index in [1.165, 1.54) is 10.5 Å². The third kappa shape index (κ3) is 5.08. The fourth-order valence-electron chi connectivity index (χ4n) is 3.40. The second kappa shape index (κ2) is 8.68. The van der Waals surface area contributed by atoms with E-state index in [1.807, 2.05) is 42.5 Å². The highest BCUT2D eigenvalue weighted by atomic mass is 16.5. The van der Waals surface area contributed by atoms with Gasteiger partial charge in [0, 0.05) is 5.56 Å². The van der Waals surface area contributed by atoms with Crippen LogP contribution < -0.4 is 14.7 Å². The van der Waals surface area contributed by atoms with Gasteiger partial charge in [-0.25, -0.2) is 0 Å². The van der Waals surface area contributed by atoms with Crippen LogP contribution in [0.15, 0.2) is 54.6 Å². The number of carboxylic acid groups (broad SMARTS) is 1. The van der Waals surface area contributed by atoms with Crippen LogP contribution in [0.1, 0.15) is 24.9 Å². The normalized spacial score (nSPS) is 16.0. The first-order valence-electron chi connectivity index (χ1n) is 9.18. The molecule has 1 aliphatic rings. The van der Waals surface area contributed by atoms with Crippen LogP contribution in [0.2, 0.25) is 0 Å². The first-order chi connectivity index (χ1) is 13.0. The Morgan fingerprint density at radius 1 is 1.04 bits per heavy atom. The molecule has 3 rings (SSSR count). The molecule has 2 aromatic rings. The van der Waals surface area contributed by atoms with Crippen LogP contribution in [0, 0.1) is 0 Å². The average molecular weight is 368 g/mol. The Labute approximate surface area is 159 Å². The molecule has 1 fully saturated rings. The molecule has 0 radical (unpaired) electrons. The molecule has 1 amide bonds. The maximum absolute atomic E-state index is 11.8. The number of para-hydroxylation sites is 1. The Balaban J connectivity index is 1.54. The molecule has 1 heterocycles. The molecule has 6 heteroatoms.